The Hall–Kier alpha value is -1.53. The fourth-order valence-corrected chi connectivity index (χ4v) is 4.48. The maximum absolute atomic E-state index is 13.4. The molecule has 0 saturated heterocycles. The van der Waals surface area contributed by atoms with E-state index in [4.69, 9.17) is 23.2 Å². The van der Waals surface area contributed by atoms with Crippen molar-refractivity contribution in [1.29, 1.82) is 0 Å². The summed E-state index contributed by atoms with van der Waals surface area (Å²) in [5.41, 5.74) is -0.190. The summed E-state index contributed by atoms with van der Waals surface area (Å²) in [6.07, 6.45) is -3.44. The first-order valence-electron chi connectivity index (χ1n) is 9.98. The number of hydrogen-bond donors (Lipinski definition) is 1. The van der Waals surface area contributed by atoms with Gasteiger partial charge in [0.2, 0.25) is 0 Å². The summed E-state index contributed by atoms with van der Waals surface area (Å²) in [5, 5.41) is 13.8. The molecule has 0 aliphatic rings. The van der Waals surface area contributed by atoms with Crippen LogP contribution in [0.25, 0.3) is 21.5 Å². The van der Waals surface area contributed by atoms with Gasteiger partial charge in [-0.1, -0.05) is 43.1 Å². The van der Waals surface area contributed by atoms with Crippen molar-refractivity contribution >= 4 is 44.7 Å². The van der Waals surface area contributed by atoms with Crippen LogP contribution in [0.15, 0.2) is 36.4 Å². The number of alkyl halides is 3. The van der Waals surface area contributed by atoms with Crippen LogP contribution >= 0.6 is 23.2 Å². The van der Waals surface area contributed by atoms with Gasteiger partial charge in [-0.3, -0.25) is 0 Å². The van der Waals surface area contributed by atoms with Crippen LogP contribution in [-0.2, 0) is 6.18 Å². The molecule has 1 N–H and O–H groups in total. The molecule has 3 rings (SSSR count). The van der Waals surface area contributed by atoms with Gasteiger partial charge in [-0.25, -0.2) is 0 Å². The Bertz CT molecular complexity index is 1050. The van der Waals surface area contributed by atoms with Crippen LogP contribution in [-0.4, -0.2) is 29.6 Å². The van der Waals surface area contributed by atoms with Gasteiger partial charge in [-0.2, -0.15) is 13.2 Å². The second-order valence-corrected chi connectivity index (χ2v) is 8.37. The van der Waals surface area contributed by atoms with Crippen molar-refractivity contribution in [2.75, 3.05) is 19.6 Å². The van der Waals surface area contributed by atoms with E-state index < -0.39 is 17.8 Å². The minimum atomic E-state index is -4.48. The Kier molecular flexibility index (Phi) is 7.18. The summed E-state index contributed by atoms with van der Waals surface area (Å²) >= 11 is 12.5. The molecule has 0 amide bonds. The number of hydrogen-bond acceptors (Lipinski definition) is 2. The number of nitrogens with zero attached hydrogens (tertiary/aromatic N) is 1. The highest BCUT2D eigenvalue weighted by Gasteiger charge is 2.31. The van der Waals surface area contributed by atoms with E-state index in [-0.39, 0.29) is 0 Å². The van der Waals surface area contributed by atoms with Crippen molar-refractivity contribution < 1.29 is 18.3 Å². The monoisotopic (exact) mass is 457 g/mol. The SMILES string of the molecule is CCCN(CCC)C[C@@H](O)c1cc2c(Cl)cc(Cl)cc2c2cc(C(F)(F)F)ccc12. The van der Waals surface area contributed by atoms with Crippen molar-refractivity contribution in [2.45, 2.75) is 39.0 Å². The molecule has 0 radical (unpaired) electrons. The zero-order chi connectivity index (χ0) is 22.1. The summed E-state index contributed by atoms with van der Waals surface area (Å²) in [6.45, 7) is 6.22. The molecule has 0 fully saturated rings. The summed E-state index contributed by atoms with van der Waals surface area (Å²) in [5.74, 6) is 0. The van der Waals surface area contributed by atoms with Gasteiger partial charge in [0.25, 0.3) is 0 Å². The van der Waals surface area contributed by atoms with Gasteiger partial charge in [0.1, 0.15) is 0 Å². The minimum absolute atomic E-state index is 0.337. The molecule has 0 unspecified atom stereocenters. The lowest BCUT2D eigenvalue weighted by atomic mass is 9.93. The van der Waals surface area contributed by atoms with E-state index in [1.54, 1.807) is 18.2 Å². The van der Waals surface area contributed by atoms with Gasteiger partial charge in [0.05, 0.1) is 11.7 Å². The van der Waals surface area contributed by atoms with E-state index in [1.807, 2.05) is 0 Å². The van der Waals surface area contributed by atoms with Crippen molar-refractivity contribution in [2.24, 2.45) is 0 Å². The zero-order valence-corrected chi connectivity index (χ0v) is 18.4. The first-order valence-corrected chi connectivity index (χ1v) is 10.7. The second-order valence-electron chi connectivity index (χ2n) is 7.52. The molecular formula is C23H24Cl2F3NO. The third-order valence-corrected chi connectivity index (χ3v) is 5.74. The molecule has 162 valence electrons. The molecule has 0 aliphatic heterocycles. The molecule has 0 spiro atoms. The first kappa shape index (κ1) is 23.1. The maximum Gasteiger partial charge on any atom is 0.416 e. The highest BCUT2D eigenvalue weighted by molar-refractivity contribution is 6.39. The van der Waals surface area contributed by atoms with Crippen LogP contribution in [0.3, 0.4) is 0 Å². The number of fused-ring (bicyclic) bond motifs is 3. The lowest BCUT2D eigenvalue weighted by molar-refractivity contribution is -0.137. The predicted octanol–water partition coefficient (Wildman–Crippen LogP) is 7.47. The Morgan fingerprint density at radius 1 is 0.900 bits per heavy atom. The number of aliphatic hydroxyl groups excluding tert-OH is 1. The fraction of sp³-hybridized carbons (Fsp3) is 0.391. The summed E-state index contributed by atoms with van der Waals surface area (Å²) in [6, 6.07) is 8.52. The van der Waals surface area contributed by atoms with E-state index in [2.05, 4.69) is 18.7 Å². The van der Waals surface area contributed by atoms with Gasteiger partial charge in [0.15, 0.2) is 0 Å². The van der Waals surface area contributed by atoms with Crippen molar-refractivity contribution in [3.8, 4) is 0 Å². The van der Waals surface area contributed by atoms with Crippen molar-refractivity contribution in [3.63, 3.8) is 0 Å². The van der Waals surface area contributed by atoms with E-state index >= 15 is 0 Å². The van der Waals surface area contributed by atoms with E-state index in [1.165, 1.54) is 6.07 Å². The molecule has 0 bridgehead atoms. The van der Waals surface area contributed by atoms with Gasteiger partial charge >= 0.3 is 6.18 Å². The standard InChI is InChI=1S/C23H24Cl2F3NO/c1-3-7-29(8-4-2)13-22(30)20-12-19-18(10-15(24)11-21(19)25)17-9-14(23(26,27)28)5-6-16(17)20/h5-6,9-12,22,30H,3-4,7-8,13H2,1-2H3/t22-/m1/s1. The quantitative estimate of drug-likeness (QED) is 0.371. The topological polar surface area (TPSA) is 23.5 Å². The molecule has 1 atom stereocenters. The average Bonchev–Trinajstić information content (AvgIpc) is 2.66. The Balaban J connectivity index is 2.22. The largest absolute Gasteiger partial charge is 0.416 e. The molecular weight excluding hydrogens is 434 g/mol. The fourth-order valence-electron chi connectivity index (χ4n) is 3.93. The van der Waals surface area contributed by atoms with Gasteiger partial charge in [-0.15, -0.1) is 0 Å². The molecule has 7 heteroatoms. The predicted molar refractivity (Wildman–Crippen MR) is 118 cm³/mol. The van der Waals surface area contributed by atoms with Crippen LogP contribution in [0.5, 0.6) is 0 Å². The van der Waals surface area contributed by atoms with Crippen LogP contribution in [0.4, 0.5) is 13.2 Å². The smallest absolute Gasteiger partial charge is 0.387 e. The van der Waals surface area contributed by atoms with Gasteiger partial charge in [-0.05, 0) is 78.0 Å². The lowest BCUT2D eigenvalue weighted by Gasteiger charge is -2.25. The molecule has 0 heterocycles. The van der Waals surface area contributed by atoms with Gasteiger partial charge < -0.3 is 10.0 Å². The summed E-state index contributed by atoms with van der Waals surface area (Å²) in [4.78, 5) is 2.16. The third-order valence-electron chi connectivity index (χ3n) is 5.21. The van der Waals surface area contributed by atoms with Crippen molar-refractivity contribution in [1.82, 2.24) is 4.90 Å². The highest BCUT2D eigenvalue weighted by atomic mass is 35.5. The number of aliphatic hydroxyl groups is 1. The third kappa shape index (κ3) is 4.86. The lowest BCUT2D eigenvalue weighted by Crippen LogP contribution is -2.30. The molecule has 3 aromatic rings. The second kappa shape index (κ2) is 9.31. The van der Waals surface area contributed by atoms with Crippen LogP contribution in [0.2, 0.25) is 10.0 Å². The number of benzene rings is 3. The molecule has 30 heavy (non-hydrogen) atoms. The van der Waals surface area contributed by atoms with Crippen molar-refractivity contribution in [3.05, 3.63) is 57.6 Å². The Morgan fingerprint density at radius 2 is 1.53 bits per heavy atom. The van der Waals surface area contributed by atoms with E-state index in [9.17, 15) is 18.3 Å². The number of rotatable bonds is 7. The normalized spacial score (nSPS) is 13.5. The van der Waals surface area contributed by atoms with Crippen LogP contribution < -0.4 is 0 Å². The van der Waals surface area contributed by atoms with Crippen LogP contribution in [0.1, 0.15) is 43.9 Å². The molecule has 0 aromatic heterocycles. The Morgan fingerprint density at radius 3 is 2.13 bits per heavy atom. The first-order chi connectivity index (χ1) is 14.2. The molecule has 3 aromatic carbocycles. The molecule has 2 nitrogen and oxygen atoms in total. The van der Waals surface area contributed by atoms with Gasteiger partial charge in [0, 0.05) is 22.0 Å². The van der Waals surface area contributed by atoms with Crippen LogP contribution in [0, 0.1) is 0 Å². The Labute approximate surface area is 184 Å². The number of halogens is 5. The zero-order valence-electron chi connectivity index (χ0n) is 16.9. The molecule has 0 aliphatic carbocycles. The summed E-state index contributed by atoms with van der Waals surface area (Å²) < 4.78 is 40.1. The minimum Gasteiger partial charge on any atom is -0.387 e. The average molecular weight is 458 g/mol. The highest BCUT2D eigenvalue weighted by Crippen LogP contribution is 2.40. The summed E-state index contributed by atoms with van der Waals surface area (Å²) in [7, 11) is 0. The van der Waals surface area contributed by atoms with E-state index in [0.717, 1.165) is 38.1 Å². The maximum atomic E-state index is 13.4. The molecule has 0 saturated carbocycles. The van der Waals surface area contributed by atoms with E-state index in [0.29, 0.717) is 43.7 Å².